The molecule has 0 heterocycles. The number of hydrogen-bond donors (Lipinski definition) is 2. The zero-order valence-electron chi connectivity index (χ0n) is 10.7. The van der Waals surface area contributed by atoms with Crippen molar-refractivity contribution in [1.29, 1.82) is 0 Å². The normalized spacial score (nSPS) is 10.3. The molecule has 0 fully saturated rings. The molecular formula is C15H14BrNO2. The number of rotatable bonds is 2. The lowest BCUT2D eigenvalue weighted by Gasteiger charge is -2.09. The van der Waals surface area contributed by atoms with Crippen molar-refractivity contribution in [2.45, 2.75) is 13.8 Å². The Balaban J connectivity index is 2.28. The molecule has 4 heteroatoms. The second-order valence-corrected chi connectivity index (χ2v) is 5.41. The van der Waals surface area contributed by atoms with Gasteiger partial charge in [-0.25, -0.2) is 0 Å². The third-order valence-corrected chi connectivity index (χ3v) is 3.18. The monoisotopic (exact) mass is 319 g/mol. The number of benzene rings is 2. The van der Waals surface area contributed by atoms with Gasteiger partial charge in [0.25, 0.3) is 5.91 Å². The van der Waals surface area contributed by atoms with E-state index in [0.717, 1.165) is 21.3 Å². The quantitative estimate of drug-likeness (QED) is 0.878. The number of hydrogen-bond acceptors (Lipinski definition) is 2. The minimum atomic E-state index is -0.330. The maximum Gasteiger partial charge on any atom is 0.259 e. The first-order chi connectivity index (χ1) is 8.95. The Labute approximate surface area is 120 Å². The number of anilines is 1. The van der Waals surface area contributed by atoms with Crippen molar-refractivity contribution < 1.29 is 9.90 Å². The molecule has 0 aliphatic carbocycles. The summed E-state index contributed by atoms with van der Waals surface area (Å²) in [7, 11) is 0. The fraction of sp³-hybridized carbons (Fsp3) is 0.133. The second-order valence-electron chi connectivity index (χ2n) is 4.49. The van der Waals surface area contributed by atoms with E-state index in [2.05, 4.69) is 21.2 Å². The number of aryl methyl sites for hydroxylation is 2. The molecule has 2 N–H and O–H groups in total. The number of aromatic hydroxyl groups is 1. The molecule has 2 aromatic carbocycles. The van der Waals surface area contributed by atoms with E-state index in [4.69, 9.17) is 0 Å². The van der Waals surface area contributed by atoms with Crippen LogP contribution in [0, 0.1) is 13.8 Å². The van der Waals surface area contributed by atoms with Gasteiger partial charge in [-0.05, 0) is 55.3 Å². The van der Waals surface area contributed by atoms with Gasteiger partial charge < -0.3 is 10.4 Å². The summed E-state index contributed by atoms with van der Waals surface area (Å²) in [6.45, 7) is 3.94. The third kappa shape index (κ3) is 3.35. The van der Waals surface area contributed by atoms with Gasteiger partial charge in [-0.15, -0.1) is 0 Å². The number of amides is 1. The fourth-order valence-electron chi connectivity index (χ4n) is 1.94. The molecule has 19 heavy (non-hydrogen) atoms. The summed E-state index contributed by atoms with van der Waals surface area (Å²) in [5.41, 5.74) is 3.12. The summed E-state index contributed by atoms with van der Waals surface area (Å²) in [5.74, 6) is -0.367. The predicted octanol–water partition coefficient (Wildman–Crippen LogP) is 4.02. The zero-order chi connectivity index (χ0) is 14.0. The Morgan fingerprint density at radius 2 is 1.74 bits per heavy atom. The van der Waals surface area contributed by atoms with Gasteiger partial charge in [0.1, 0.15) is 5.75 Å². The number of halogens is 1. The predicted molar refractivity (Wildman–Crippen MR) is 79.7 cm³/mol. The van der Waals surface area contributed by atoms with E-state index < -0.39 is 0 Å². The Hall–Kier alpha value is -1.81. The molecule has 3 nitrogen and oxygen atoms in total. The van der Waals surface area contributed by atoms with Gasteiger partial charge >= 0.3 is 0 Å². The molecule has 0 atom stereocenters. The SMILES string of the molecule is Cc1cc(C)cc(NC(=O)c2cc(Br)ccc2O)c1. The van der Waals surface area contributed by atoms with E-state index in [0.29, 0.717) is 0 Å². The van der Waals surface area contributed by atoms with Gasteiger partial charge in [0, 0.05) is 10.2 Å². The van der Waals surface area contributed by atoms with Crippen molar-refractivity contribution in [3.05, 3.63) is 57.6 Å². The highest BCUT2D eigenvalue weighted by Crippen LogP contribution is 2.23. The molecule has 2 aromatic rings. The first kappa shape index (κ1) is 13.6. The third-order valence-electron chi connectivity index (χ3n) is 2.68. The van der Waals surface area contributed by atoms with Crippen LogP contribution < -0.4 is 5.32 Å². The minimum absolute atomic E-state index is 0.0370. The zero-order valence-corrected chi connectivity index (χ0v) is 12.3. The van der Waals surface area contributed by atoms with Crippen LogP contribution >= 0.6 is 15.9 Å². The summed E-state index contributed by atoms with van der Waals surface area (Å²) in [6, 6.07) is 10.6. The maximum absolute atomic E-state index is 12.1. The lowest BCUT2D eigenvalue weighted by Crippen LogP contribution is -2.12. The molecule has 0 aliphatic rings. The topological polar surface area (TPSA) is 49.3 Å². The van der Waals surface area contributed by atoms with Crippen LogP contribution in [0.15, 0.2) is 40.9 Å². The van der Waals surface area contributed by atoms with E-state index >= 15 is 0 Å². The van der Waals surface area contributed by atoms with Gasteiger partial charge in [0.05, 0.1) is 5.56 Å². The Kier molecular flexibility index (Phi) is 3.90. The van der Waals surface area contributed by atoms with Gasteiger partial charge in [-0.1, -0.05) is 22.0 Å². The van der Waals surface area contributed by atoms with Crippen LogP contribution in [0.2, 0.25) is 0 Å². The van der Waals surface area contributed by atoms with Crippen LogP contribution in [0.5, 0.6) is 5.75 Å². The smallest absolute Gasteiger partial charge is 0.259 e. The van der Waals surface area contributed by atoms with Gasteiger partial charge in [-0.2, -0.15) is 0 Å². The molecule has 2 rings (SSSR count). The molecule has 0 saturated carbocycles. The van der Waals surface area contributed by atoms with Crippen molar-refractivity contribution >= 4 is 27.5 Å². The molecular weight excluding hydrogens is 306 g/mol. The number of carbonyl (C=O) groups is 1. The lowest BCUT2D eigenvalue weighted by atomic mass is 10.1. The Morgan fingerprint density at radius 3 is 2.37 bits per heavy atom. The van der Waals surface area contributed by atoms with Crippen molar-refractivity contribution in [1.82, 2.24) is 0 Å². The number of phenolic OH excluding ortho intramolecular Hbond substituents is 1. The van der Waals surface area contributed by atoms with Gasteiger partial charge in [0.2, 0.25) is 0 Å². The molecule has 0 aliphatic heterocycles. The minimum Gasteiger partial charge on any atom is -0.507 e. The van der Waals surface area contributed by atoms with Crippen LogP contribution in [0.4, 0.5) is 5.69 Å². The van der Waals surface area contributed by atoms with E-state index in [1.54, 1.807) is 12.1 Å². The average Bonchev–Trinajstić information content (AvgIpc) is 2.30. The summed E-state index contributed by atoms with van der Waals surface area (Å²) < 4.78 is 0.746. The van der Waals surface area contributed by atoms with Crippen LogP contribution in [-0.2, 0) is 0 Å². The van der Waals surface area contributed by atoms with Crippen molar-refractivity contribution in [3.8, 4) is 5.75 Å². The van der Waals surface area contributed by atoms with E-state index in [9.17, 15) is 9.90 Å². The van der Waals surface area contributed by atoms with Crippen LogP contribution in [0.25, 0.3) is 0 Å². The van der Waals surface area contributed by atoms with Gasteiger partial charge in [0.15, 0.2) is 0 Å². The number of phenols is 1. The first-order valence-corrected chi connectivity index (χ1v) is 6.63. The summed E-state index contributed by atoms with van der Waals surface area (Å²) in [6.07, 6.45) is 0. The van der Waals surface area contributed by atoms with Crippen molar-refractivity contribution in [3.63, 3.8) is 0 Å². The van der Waals surface area contributed by atoms with Crippen molar-refractivity contribution in [2.24, 2.45) is 0 Å². The lowest BCUT2D eigenvalue weighted by molar-refractivity contribution is 0.102. The van der Waals surface area contributed by atoms with Crippen molar-refractivity contribution in [2.75, 3.05) is 5.32 Å². The van der Waals surface area contributed by atoms with Crippen LogP contribution in [0.1, 0.15) is 21.5 Å². The second kappa shape index (κ2) is 5.45. The Bertz CT molecular complexity index is 618. The molecule has 0 aromatic heterocycles. The van der Waals surface area contributed by atoms with Gasteiger partial charge in [-0.3, -0.25) is 4.79 Å². The van der Waals surface area contributed by atoms with Crippen LogP contribution in [-0.4, -0.2) is 11.0 Å². The highest BCUT2D eigenvalue weighted by molar-refractivity contribution is 9.10. The van der Waals surface area contributed by atoms with E-state index in [1.807, 2.05) is 32.0 Å². The summed E-state index contributed by atoms with van der Waals surface area (Å²) in [4.78, 5) is 12.1. The average molecular weight is 320 g/mol. The molecule has 0 unspecified atom stereocenters. The highest BCUT2D eigenvalue weighted by Gasteiger charge is 2.12. The number of nitrogens with one attached hydrogen (secondary N) is 1. The standard InChI is InChI=1S/C15H14BrNO2/c1-9-5-10(2)7-12(6-9)17-15(19)13-8-11(16)3-4-14(13)18/h3-8,18H,1-2H3,(H,17,19). The summed E-state index contributed by atoms with van der Waals surface area (Å²) in [5, 5.41) is 12.5. The first-order valence-electron chi connectivity index (χ1n) is 5.84. The summed E-state index contributed by atoms with van der Waals surface area (Å²) >= 11 is 3.28. The molecule has 0 saturated heterocycles. The van der Waals surface area contributed by atoms with Crippen LogP contribution in [0.3, 0.4) is 0 Å². The van der Waals surface area contributed by atoms with E-state index in [-0.39, 0.29) is 17.2 Å². The molecule has 0 bridgehead atoms. The highest BCUT2D eigenvalue weighted by atomic mass is 79.9. The molecule has 0 radical (unpaired) electrons. The fourth-order valence-corrected chi connectivity index (χ4v) is 2.30. The molecule has 98 valence electrons. The Morgan fingerprint density at radius 1 is 1.11 bits per heavy atom. The van der Waals surface area contributed by atoms with E-state index in [1.165, 1.54) is 6.07 Å². The maximum atomic E-state index is 12.1. The molecule has 0 spiro atoms. The largest absolute Gasteiger partial charge is 0.507 e. The number of carbonyl (C=O) groups excluding carboxylic acids is 1. The molecule has 1 amide bonds.